The van der Waals surface area contributed by atoms with Crippen LogP contribution in [0.15, 0.2) is 12.2 Å². The Bertz CT molecular complexity index is 254. The number of aliphatic hydroxyl groups excluding tert-OH is 1. The fraction of sp³-hybridized carbons (Fsp3) is 0.846. The van der Waals surface area contributed by atoms with Crippen molar-refractivity contribution in [1.29, 1.82) is 0 Å². The van der Waals surface area contributed by atoms with E-state index in [-0.39, 0.29) is 6.10 Å². The minimum atomic E-state index is -0.204. The molecule has 1 heteroatoms. The maximum absolute atomic E-state index is 9.70. The zero-order valence-electron chi connectivity index (χ0n) is 9.59. The molecular weight excluding hydrogens is 172 g/mol. The van der Waals surface area contributed by atoms with E-state index in [0.717, 1.165) is 6.42 Å². The van der Waals surface area contributed by atoms with Crippen LogP contribution >= 0.6 is 0 Å². The predicted molar refractivity (Wildman–Crippen MR) is 59.0 cm³/mol. The molecule has 2 rings (SSSR count). The molecule has 1 saturated carbocycles. The van der Waals surface area contributed by atoms with Gasteiger partial charge in [0.25, 0.3) is 0 Å². The molecule has 0 spiro atoms. The maximum Gasteiger partial charge on any atom is 0.0726 e. The molecule has 0 saturated heterocycles. The second-order valence-corrected chi connectivity index (χ2v) is 6.13. The molecule has 1 nitrogen and oxygen atoms in total. The summed E-state index contributed by atoms with van der Waals surface area (Å²) in [5.41, 5.74) is 0.763. The first kappa shape index (κ1) is 10.2. The van der Waals surface area contributed by atoms with E-state index < -0.39 is 0 Å². The first-order valence-corrected chi connectivity index (χ1v) is 5.80. The summed E-state index contributed by atoms with van der Waals surface area (Å²) in [4.78, 5) is 0. The van der Waals surface area contributed by atoms with Crippen LogP contribution in [0.4, 0.5) is 0 Å². The van der Waals surface area contributed by atoms with E-state index in [1.165, 1.54) is 19.3 Å². The highest BCUT2D eigenvalue weighted by atomic mass is 16.3. The lowest BCUT2D eigenvalue weighted by atomic mass is 9.53. The molecule has 2 aliphatic rings. The second kappa shape index (κ2) is 3.10. The smallest absolute Gasteiger partial charge is 0.0726 e. The third kappa shape index (κ3) is 1.52. The Labute approximate surface area is 87.2 Å². The standard InChI is InChI=1S/C13H22O/c1-12(2)7-4-8-13(3)9-10(14)5-6-11(12)13/h5-6,10-11,14H,4,7-9H2,1-3H3. The summed E-state index contributed by atoms with van der Waals surface area (Å²) < 4.78 is 0. The van der Waals surface area contributed by atoms with Crippen molar-refractivity contribution in [3.63, 3.8) is 0 Å². The Balaban J connectivity index is 2.31. The second-order valence-electron chi connectivity index (χ2n) is 6.13. The van der Waals surface area contributed by atoms with Crippen molar-refractivity contribution in [3.05, 3.63) is 12.2 Å². The van der Waals surface area contributed by atoms with Gasteiger partial charge in [0.2, 0.25) is 0 Å². The van der Waals surface area contributed by atoms with E-state index in [4.69, 9.17) is 0 Å². The number of rotatable bonds is 0. The number of hydrogen-bond acceptors (Lipinski definition) is 1. The lowest BCUT2D eigenvalue weighted by Crippen LogP contribution is -2.44. The highest BCUT2D eigenvalue weighted by Crippen LogP contribution is 2.55. The van der Waals surface area contributed by atoms with Crippen molar-refractivity contribution in [3.8, 4) is 0 Å². The number of allylic oxidation sites excluding steroid dienone is 1. The summed E-state index contributed by atoms with van der Waals surface area (Å²) in [6.45, 7) is 7.10. The van der Waals surface area contributed by atoms with Gasteiger partial charge in [-0.3, -0.25) is 0 Å². The lowest BCUT2D eigenvalue weighted by Gasteiger charge is -2.52. The average molecular weight is 194 g/mol. The highest BCUT2D eigenvalue weighted by molar-refractivity contribution is 5.12. The molecule has 80 valence electrons. The van der Waals surface area contributed by atoms with Crippen LogP contribution in [0.5, 0.6) is 0 Å². The molecule has 2 aliphatic carbocycles. The molecule has 0 amide bonds. The molecule has 0 aromatic carbocycles. The van der Waals surface area contributed by atoms with E-state index in [0.29, 0.717) is 16.7 Å². The van der Waals surface area contributed by atoms with Crippen molar-refractivity contribution in [2.75, 3.05) is 0 Å². The van der Waals surface area contributed by atoms with Crippen LogP contribution in [-0.4, -0.2) is 11.2 Å². The van der Waals surface area contributed by atoms with Crippen LogP contribution in [-0.2, 0) is 0 Å². The molecular formula is C13H22O. The molecule has 0 aromatic rings. The van der Waals surface area contributed by atoms with Crippen LogP contribution in [0.2, 0.25) is 0 Å². The van der Waals surface area contributed by atoms with Crippen LogP contribution in [0.25, 0.3) is 0 Å². The van der Waals surface area contributed by atoms with Gasteiger partial charge in [-0.15, -0.1) is 0 Å². The summed E-state index contributed by atoms with van der Waals surface area (Å²) in [6, 6.07) is 0. The molecule has 0 heterocycles. The predicted octanol–water partition coefficient (Wildman–Crippen LogP) is 3.14. The first-order chi connectivity index (χ1) is 6.44. The van der Waals surface area contributed by atoms with Crippen molar-refractivity contribution in [1.82, 2.24) is 0 Å². The zero-order chi connectivity index (χ0) is 10.4. The number of fused-ring (bicyclic) bond motifs is 1. The average Bonchev–Trinajstić information content (AvgIpc) is 2.00. The van der Waals surface area contributed by atoms with Crippen molar-refractivity contribution in [2.24, 2.45) is 16.7 Å². The van der Waals surface area contributed by atoms with E-state index >= 15 is 0 Å². The molecule has 0 aliphatic heterocycles. The lowest BCUT2D eigenvalue weighted by molar-refractivity contribution is -0.00746. The molecule has 14 heavy (non-hydrogen) atoms. The third-order valence-electron chi connectivity index (χ3n) is 4.36. The van der Waals surface area contributed by atoms with Gasteiger partial charge in [-0.1, -0.05) is 39.3 Å². The highest BCUT2D eigenvalue weighted by Gasteiger charge is 2.47. The molecule has 3 atom stereocenters. The van der Waals surface area contributed by atoms with Crippen molar-refractivity contribution in [2.45, 2.75) is 52.6 Å². The van der Waals surface area contributed by atoms with Crippen LogP contribution in [0.3, 0.4) is 0 Å². The molecule has 0 radical (unpaired) electrons. The number of hydrogen-bond donors (Lipinski definition) is 1. The Kier molecular flexibility index (Phi) is 2.26. The minimum absolute atomic E-state index is 0.204. The SMILES string of the molecule is CC1(C)CCCC2(C)CC(O)C=CC12. The summed E-state index contributed by atoms with van der Waals surface area (Å²) in [7, 11) is 0. The van der Waals surface area contributed by atoms with Gasteiger partial charge in [-0.2, -0.15) is 0 Å². The largest absolute Gasteiger partial charge is 0.389 e. The van der Waals surface area contributed by atoms with Gasteiger partial charge in [0.1, 0.15) is 0 Å². The van der Waals surface area contributed by atoms with Gasteiger partial charge in [-0.25, -0.2) is 0 Å². The zero-order valence-corrected chi connectivity index (χ0v) is 9.59. The topological polar surface area (TPSA) is 20.2 Å². The molecule has 1 fully saturated rings. The molecule has 1 N–H and O–H groups in total. The summed E-state index contributed by atoms with van der Waals surface area (Å²) >= 11 is 0. The van der Waals surface area contributed by atoms with Crippen LogP contribution in [0.1, 0.15) is 46.5 Å². The van der Waals surface area contributed by atoms with E-state index in [1.54, 1.807) is 0 Å². The summed E-state index contributed by atoms with van der Waals surface area (Å²) in [5.74, 6) is 0.659. The molecule has 0 bridgehead atoms. The van der Waals surface area contributed by atoms with E-state index in [1.807, 2.05) is 6.08 Å². The fourth-order valence-corrected chi connectivity index (χ4v) is 3.71. The van der Waals surface area contributed by atoms with Crippen LogP contribution in [0, 0.1) is 16.7 Å². The first-order valence-electron chi connectivity index (χ1n) is 5.80. The van der Waals surface area contributed by atoms with E-state index in [9.17, 15) is 5.11 Å². The van der Waals surface area contributed by atoms with Crippen molar-refractivity contribution < 1.29 is 5.11 Å². The summed E-state index contributed by atoms with van der Waals surface area (Å²) in [6.07, 6.45) is 8.95. The molecule has 0 aromatic heterocycles. The van der Waals surface area contributed by atoms with Gasteiger partial charge < -0.3 is 5.11 Å². The Morgan fingerprint density at radius 2 is 1.86 bits per heavy atom. The van der Waals surface area contributed by atoms with Gasteiger partial charge in [-0.05, 0) is 36.0 Å². The Hall–Kier alpha value is -0.300. The summed E-state index contributed by atoms with van der Waals surface area (Å²) in [5, 5.41) is 9.70. The van der Waals surface area contributed by atoms with Crippen molar-refractivity contribution >= 4 is 0 Å². The van der Waals surface area contributed by atoms with Gasteiger partial charge in [0.05, 0.1) is 6.10 Å². The third-order valence-corrected chi connectivity index (χ3v) is 4.36. The van der Waals surface area contributed by atoms with Gasteiger partial charge in [0.15, 0.2) is 0 Å². The maximum atomic E-state index is 9.70. The quantitative estimate of drug-likeness (QED) is 0.587. The van der Waals surface area contributed by atoms with Crippen LogP contribution < -0.4 is 0 Å². The monoisotopic (exact) mass is 194 g/mol. The number of aliphatic hydroxyl groups is 1. The molecule has 3 unspecified atom stereocenters. The van der Waals surface area contributed by atoms with E-state index in [2.05, 4.69) is 26.8 Å². The Morgan fingerprint density at radius 1 is 1.14 bits per heavy atom. The normalized spacial score (nSPS) is 46.0. The van der Waals surface area contributed by atoms with Gasteiger partial charge >= 0.3 is 0 Å². The fourth-order valence-electron chi connectivity index (χ4n) is 3.71. The minimum Gasteiger partial charge on any atom is -0.389 e. The Morgan fingerprint density at radius 3 is 2.57 bits per heavy atom. The van der Waals surface area contributed by atoms with Gasteiger partial charge in [0, 0.05) is 0 Å².